The van der Waals surface area contributed by atoms with Gasteiger partial charge in [0.2, 0.25) is 11.2 Å². The van der Waals surface area contributed by atoms with E-state index in [1.54, 1.807) is 7.11 Å². The molecule has 6 nitrogen and oxygen atoms in total. The molecular weight excluding hydrogens is 256 g/mol. The molecule has 0 spiro atoms. The lowest BCUT2D eigenvalue weighted by Crippen LogP contribution is -2.37. The second kappa shape index (κ2) is 5.49. The molecule has 1 N–H and O–H groups in total. The molecule has 98 valence electrons. The zero-order chi connectivity index (χ0) is 13.1. The SMILES string of the molecule is COCC(C)N1CCC(=O)Nc2cnc(Cl)nc21. The lowest BCUT2D eigenvalue weighted by atomic mass is 10.2. The molecule has 0 saturated heterocycles. The number of hydrogen-bond acceptors (Lipinski definition) is 5. The fourth-order valence-electron chi connectivity index (χ4n) is 1.96. The van der Waals surface area contributed by atoms with Crippen molar-refractivity contribution in [3.05, 3.63) is 11.5 Å². The van der Waals surface area contributed by atoms with Gasteiger partial charge in [-0.2, -0.15) is 4.98 Å². The number of methoxy groups -OCH3 is 1. The molecule has 1 aromatic rings. The topological polar surface area (TPSA) is 67.3 Å². The highest BCUT2D eigenvalue weighted by Crippen LogP contribution is 2.28. The van der Waals surface area contributed by atoms with E-state index in [1.165, 1.54) is 6.20 Å². The highest BCUT2D eigenvalue weighted by molar-refractivity contribution is 6.28. The van der Waals surface area contributed by atoms with Crippen LogP contribution in [0.3, 0.4) is 0 Å². The zero-order valence-electron chi connectivity index (χ0n) is 10.3. The summed E-state index contributed by atoms with van der Waals surface area (Å²) in [7, 11) is 1.64. The number of nitrogens with one attached hydrogen (secondary N) is 1. The van der Waals surface area contributed by atoms with Gasteiger partial charge in [0.1, 0.15) is 5.69 Å². The normalized spacial score (nSPS) is 16.8. The lowest BCUT2D eigenvalue weighted by Gasteiger charge is -2.28. The first-order chi connectivity index (χ1) is 8.61. The number of rotatable bonds is 3. The van der Waals surface area contributed by atoms with Crippen molar-refractivity contribution in [2.24, 2.45) is 0 Å². The molecule has 0 fully saturated rings. The number of ether oxygens (including phenoxy) is 1. The van der Waals surface area contributed by atoms with E-state index in [4.69, 9.17) is 16.3 Å². The largest absolute Gasteiger partial charge is 0.383 e. The maximum atomic E-state index is 11.6. The van der Waals surface area contributed by atoms with Crippen molar-refractivity contribution < 1.29 is 9.53 Å². The highest BCUT2D eigenvalue weighted by Gasteiger charge is 2.24. The number of halogens is 1. The van der Waals surface area contributed by atoms with Crippen molar-refractivity contribution >= 4 is 29.0 Å². The third-order valence-electron chi connectivity index (χ3n) is 2.81. The molecule has 0 aromatic carbocycles. The van der Waals surface area contributed by atoms with E-state index in [-0.39, 0.29) is 17.2 Å². The molecule has 7 heteroatoms. The van der Waals surface area contributed by atoms with E-state index < -0.39 is 0 Å². The van der Waals surface area contributed by atoms with E-state index in [9.17, 15) is 4.79 Å². The molecule has 0 aliphatic carbocycles. The van der Waals surface area contributed by atoms with Crippen LogP contribution in [-0.2, 0) is 9.53 Å². The molecule has 1 aromatic heterocycles. The minimum atomic E-state index is -0.0470. The first kappa shape index (κ1) is 13.0. The van der Waals surface area contributed by atoms with Crippen LogP contribution in [0.4, 0.5) is 11.5 Å². The van der Waals surface area contributed by atoms with Crippen LogP contribution in [0.1, 0.15) is 13.3 Å². The van der Waals surface area contributed by atoms with Gasteiger partial charge in [-0.25, -0.2) is 4.98 Å². The van der Waals surface area contributed by atoms with Crippen molar-refractivity contribution in [1.82, 2.24) is 9.97 Å². The Labute approximate surface area is 110 Å². The Bertz CT molecular complexity index is 455. The first-order valence-corrected chi connectivity index (χ1v) is 6.07. The fraction of sp³-hybridized carbons (Fsp3) is 0.545. The molecule has 1 unspecified atom stereocenters. The first-order valence-electron chi connectivity index (χ1n) is 5.69. The Morgan fingerprint density at radius 3 is 3.17 bits per heavy atom. The summed E-state index contributed by atoms with van der Waals surface area (Å²) in [6, 6.07) is 0.104. The molecule has 18 heavy (non-hydrogen) atoms. The third-order valence-corrected chi connectivity index (χ3v) is 2.99. The second-order valence-corrected chi connectivity index (χ2v) is 4.51. The summed E-state index contributed by atoms with van der Waals surface area (Å²) in [6.07, 6.45) is 1.93. The van der Waals surface area contributed by atoms with Crippen molar-refractivity contribution in [2.45, 2.75) is 19.4 Å². The summed E-state index contributed by atoms with van der Waals surface area (Å²) in [5.74, 6) is 0.597. The minimum absolute atomic E-state index is 0.0470. The lowest BCUT2D eigenvalue weighted by molar-refractivity contribution is -0.116. The Hall–Kier alpha value is -1.40. The smallest absolute Gasteiger partial charge is 0.226 e. The molecule has 1 amide bonds. The maximum absolute atomic E-state index is 11.6. The standard InChI is InChI=1S/C11H15ClN4O2/c1-7(6-18-2)16-4-3-9(17)14-8-5-13-11(12)15-10(8)16/h5,7H,3-4,6H2,1-2H3,(H,14,17). The van der Waals surface area contributed by atoms with Gasteiger partial charge in [-0.05, 0) is 18.5 Å². The number of amides is 1. The Morgan fingerprint density at radius 2 is 2.44 bits per heavy atom. The Balaban J connectivity index is 2.37. The summed E-state index contributed by atoms with van der Waals surface area (Å²) >= 11 is 5.82. The fourth-order valence-corrected chi connectivity index (χ4v) is 2.09. The van der Waals surface area contributed by atoms with Crippen molar-refractivity contribution in [1.29, 1.82) is 0 Å². The molecule has 1 atom stereocenters. The number of hydrogen-bond donors (Lipinski definition) is 1. The summed E-state index contributed by atoms with van der Waals surface area (Å²) < 4.78 is 5.15. The van der Waals surface area contributed by atoms with Crippen LogP contribution in [0.25, 0.3) is 0 Å². The summed E-state index contributed by atoms with van der Waals surface area (Å²) in [4.78, 5) is 21.7. The van der Waals surface area contributed by atoms with E-state index in [2.05, 4.69) is 15.3 Å². The van der Waals surface area contributed by atoms with Crippen molar-refractivity contribution in [2.75, 3.05) is 30.5 Å². The Morgan fingerprint density at radius 1 is 1.67 bits per heavy atom. The predicted octanol–water partition coefficient (Wildman–Crippen LogP) is 1.31. The monoisotopic (exact) mass is 270 g/mol. The van der Waals surface area contributed by atoms with Gasteiger partial charge in [-0.1, -0.05) is 0 Å². The van der Waals surface area contributed by atoms with Gasteiger partial charge >= 0.3 is 0 Å². The molecular formula is C11H15ClN4O2. The third kappa shape index (κ3) is 2.70. The molecule has 1 aliphatic rings. The molecule has 0 saturated carbocycles. The van der Waals surface area contributed by atoms with Gasteiger partial charge in [0.25, 0.3) is 0 Å². The van der Waals surface area contributed by atoms with Crippen LogP contribution >= 0.6 is 11.6 Å². The molecule has 2 heterocycles. The second-order valence-electron chi connectivity index (χ2n) is 4.17. The zero-order valence-corrected chi connectivity index (χ0v) is 11.1. The van der Waals surface area contributed by atoms with E-state index in [0.717, 1.165) is 0 Å². The predicted molar refractivity (Wildman–Crippen MR) is 69.0 cm³/mol. The van der Waals surface area contributed by atoms with Gasteiger partial charge in [0.05, 0.1) is 18.8 Å². The van der Waals surface area contributed by atoms with E-state index >= 15 is 0 Å². The highest BCUT2D eigenvalue weighted by atomic mass is 35.5. The van der Waals surface area contributed by atoms with Gasteiger partial charge in [-0.15, -0.1) is 0 Å². The number of anilines is 2. The average molecular weight is 271 g/mol. The molecule has 2 rings (SSSR count). The minimum Gasteiger partial charge on any atom is -0.383 e. The Kier molecular flexibility index (Phi) is 3.98. The maximum Gasteiger partial charge on any atom is 0.226 e. The summed E-state index contributed by atoms with van der Waals surface area (Å²) in [6.45, 7) is 3.14. The van der Waals surface area contributed by atoms with Crippen LogP contribution in [0.5, 0.6) is 0 Å². The van der Waals surface area contributed by atoms with Crippen LogP contribution in [0.2, 0.25) is 5.28 Å². The quantitative estimate of drug-likeness (QED) is 0.839. The van der Waals surface area contributed by atoms with Crippen molar-refractivity contribution in [3.8, 4) is 0 Å². The van der Waals surface area contributed by atoms with Crippen LogP contribution < -0.4 is 10.2 Å². The number of nitrogens with zero attached hydrogens (tertiary/aromatic N) is 3. The van der Waals surface area contributed by atoms with Crippen LogP contribution in [-0.4, -0.2) is 42.2 Å². The van der Waals surface area contributed by atoms with E-state index in [0.29, 0.717) is 31.1 Å². The van der Waals surface area contributed by atoms with Gasteiger partial charge in [-0.3, -0.25) is 4.79 Å². The van der Waals surface area contributed by atoms with Crippen molar-refractivity contribution in [3.63, 3.8) is 0 Å². The molecule has 0 radical (unpaired) electrons. The number of aromatic nitrogens is 2. The van der Waals surface area contributed by atoms with E-state index in [1.807, 2.05) is 11.8 Å². The van der Waals surface area contributed by atoms with Crippen LogP contribution in [0.15, 0.2) is 6.20 Å². The van der Waals surface area contributed by atoms with Gasteiger partial charge in [0, 0.05) is 20.1 Å². The molecule has 0 bridgehead atoms. The van der Waals surface area contributed by atoms with Gasteiger partial charge < -0.3 is 15.0 Å². The summed E-state index contributed by atoms with van der Waals surface area (Å²) in [5.41, 5.74) is 0.588. The number of fused-ring (bicyclic) bond motifs is 1. The summed E-state index contributed by atoms with van der Waals surface area (Å²) in [5, 5.41) is 2.94. The van der Waals surface area contributed by atoms with Gasteiger partial charge in [0.15, 0.2) is 5.82 Å². The number of carbonyl (C=O) groups excluding carboxylic acids is 1. The molecule has 1 aliphatic heterocycles. The average Bonchev–Trinajstić information content (AvgIpc) is 2.48. The number of carbonyl (C=O) groups is 1. The van der Waals surface area contributed by atoms with Crippen LogP contribution in [0, 0.1) is 0 Å².